The Hall–Kier alpha value is -3.19. The summed E-state index contributed by atoms with van der Waals surface area (Å²) < 4.78 is 17.9. The molecule has 0 bridgehead atoms. The Bertz CT molecular complexity index is 1030. The number of carbonyl (C=O) groups is 1. The summed E-state index contributed by atoms with van der Waals surface area (Å²) in [6, 6.07) is 12.3. The van der Waals surface area contributed by atoms with Gasteiger partial charge >= 0.3 is 0 Å². The summed E-state index contributed by atoms with van der Waals surface area (Å²) in [5.41, 5.74) is 2.13. The molecule has 0 fully saturated rings. The topological polar surface area (TPSA) is 74.6 Å². The van der Waals surface area contributed by atoms with Gasteiger partial charge in [0.1, 0.15) is 22.9 Å². The fourth-order valence-electron chi connectivity index (χ4n) is 2.94. The first-order chi connectivity index (χ1) is 14.4. The number of nitrogens with one attached hydrogen (secondary N) is 1. The summed E-state index contributed by atoms with van der Waals surface area (Å²) in [6.07, 6.45) is 1.68. The zero-order chi connectivity index (χ0) is 21.7. The maximum atomic E-state index is 12.6. The fourth-order valence-corrected chi connectivity index (χ4v) is 3.11. The monoisotopic (exact) mass is 429 g/mol. The van der Waals surface area contributed by atoms with Crippen LogP contribution < -0.4 is 19.5 Å². The molecule has 1 heterocycles. The van der Waals surface area contributed by atoms with E-state index in [1.165, 1.54) is 4.68 Å². The molecular weight excluding hydrogens is 406 g/mol. The molecule has 1 N–H and O–H groups in total. The van der Waals surface area contributed by atoms with Crippen LogP contribution in [0.15, 0.2) is 48.7 Å². The highest BCUT2D eigenvalue weighted by Gasteiger charge is 2.18. The smallest absolute Gasteiger partial charge is 0.272 e. The number of nitrogens with zero attached hydrogens (tertiary/aromatic N) is 2. The highest BCUT2D eigenvalue weighted by atomic mass is 35.5. The van der Waals surface area contributed by atoms with Gasteiger partial charge in [0.2, 0.25) is 0 Å². The van der Waals surface area contributed by atoms with E-state index in [-0.39, 0.29) is 24.4 Å². The summed E-state index contributed by atoms with van der Waals surface area (Å²) in [5.74, 6) is 1.61. The molecule has 158 valence electrons. The van der Waals surface area contributed by atoms with E-state index in [9.17, 15) is 4.79 Å². The van der Waals surface area contributed by atoms with Crippen LogP contribution in [0.4, 0.5) is 0 Å². The van der Waals surface area contributed by atoms with Crippen molar-refractivity contribution in [3.8, 4) is 17.2 Å². The maximum absolute atomic E-state index is 12.6. The van der Waals surface area contributed by atoms with E-state index in [4.69, 9.17) is 25.8 Å². The van der Waals surface area contributed by atoms with Gasteiger partial charge in [-0.25, -0.2) is 4.68 Å². The third-order valence-corrected chi connectivity index (χ3v) is 4.88. The summed E-state index contributed by atoms with van der Waals surface area (Å²) in [4.78, 5) is 12.6. The van der Waals surface area contributed by atoms with Gasteiger partial charge in [0.25, 0.3) is 5.91 Å². The van der Waals surface area contributed by atoms with Crippen molar-refractivity contribution in [1.29, 1.82) is 0 Å². The molecule has 0 saturated heterocycles. The van der Waals surface area contributed by atoms with Crippen molar-refractivity contribution in [3.05, 3.63) is 70.5 Å². The highest BCUT2D eigenvalue weighted by Crippen LogP contribution is 2.29. The normalized spacial score (nSPS) is 11.6. The third-order valence-electron chi connectivity index (χ3n) is 4.56. The van der Waals surface area contributed by atoms with Crippen LogP contribution in [0.3, 0.4) is 0 Å². The number of rotatable bonds is 8. The van der Waals surface area contributed by atoms with Gasteiger partial charge in [-0.15, -0.1) is 0 Å². The van der Waals surface area contributed by atoms with E-state index in [0.29, 0.717) is 22.3 Å². The molecule has 7 nitrogen and oxygen atoms in total. The lowest BCUT2D eigenvalue weighted by atomic mass is 10.1. The molecule has 0 aliphatic rings. The summed E-state index contributed by atoms with van der Waals surface area (Å²) in [5, 5.41) is 7.73. The largest absolute Gasteiger partial charge is 0.497 e. The average molecular weight is 430 g/mol. The van der Waals surface area contributed by atoms with Crippen molar-refractivity contribution in [2.45, 2.75) is 26.6 Å². The predicted octanol–water partition coefficient (Wildman–Crippen LogP) is 4.39. The van der Waals surface area contributed by atoms with E-state index in [0.717, 1.165) is 11.1 Å². The summed E-state index contributed by atoms with van der Waals surface area (Å²) >= 11 is 6.14. The van der Waals surface area contributed by atoms with Gasteiger partial charge in [0, 0.05) is 11.8 Å². The number of ether oxygens (including phenoxy) is 3. The molecule has 0 saturated carbocycles. The molecule has 1 aromatic heterocycles. The molecule has 0 spiro atoms. The van der Waals surface area contributed by atoms with Crippen molar-refractivity contribution in [2.24, 2.45) is 0 Å². The third kappa shape index (κ3) is 5.04. The van der Waals surface area contributed by atoms with Crippen molar-refractivity contribution >= 4 is 17.5 Å². The second-order valence-electron chi connectivity index (χ2n) is 6.75. The Balaban J connectivity index is 1.65. The van der Waals surface area contributed by atoms with Gasteiger partial charge < -0.3 is 19.5 Å². The summed E-state index contributed by atoms with van der Waals surface area (Å²) in [7, 11) is 3.18. The number of carbonyl (C=O) groups excluding carboxylic acids is 1. The molecule has 30 heavy (non-hydrogen) atoms. The Kier molecular flexibility index (Phi) is 6.84. The Labute approximate surface area is 180 Å². The zero-order valence-corrected chi connectivity index (χ0v) is 18.1. The van der Waals surface area contributed by atoms with Crippen molar-refractivity contribution in [2.75, 3.05) is 14.2 Å². The number of aromatic nitrogens is 2. The van der Waals surface area contributed by atoms with Crippen molar-refractivity contribution in [1.82, 2.24) is 15.1 Å². The van der Waals surface area contributed by atoms with Crippen LogP contribution in [0.1, 0.15) is 34.6 Å². The first-order valence-electron chi connectivity index (χ1n) is 9.36. The maximum Gasteiger partial charge on any atom is 0.272 e. The molecule has 0 aliphatic heterocycles. The standard InChI is InChI=1S/C22H24ClN3O4/c1-14-5-7-18(23)21(11-14)30-13-26-10-9-19(25-26)22(27)24-15(2)17-12-16(28-3)6-8-20(17)29-4/h5-12,15H,13H2,1-4H3,(H,24,27). The van der Waals surface area contributed by atoms with Crippen LogP contribution in [-0.2, 0) is 6.73 Å². The van der Waals surface area contributed by atoms with E-state index < -0.39 is 0 Å². The molecule has 0 aliphatic carbocycles. The second kappa shape index (κ2) is 9.54. The van der Waals surface area contributed by atoms with Crippen molar-refractivity contribution < 1.29 is 19.0 Å². The Morgan fingerprint density at radius 3 is 2.67 bits per heavy atom. The molecule has 8 heteroatoms. The molecule has 3 aromatic rings. The van der Waals surface area contributed by atoms with Crippen LogP contribution in [0.5, 0.6) is 17.2 Å². The van der Waals surface area contributed by atoms with Gasteiger partial charge in [-0.1, -0.05) is 17.7 Å². The Morgan fingerprint density at radius 2 is 1.93 bits per heavy atom. The molecule has 0 radical (unpaired) electrons. The van der Waals surface area contributed by atoms with Crippen LogP contribution >= 0.6 is 11.6 Å². The van der Waals surface area contributed by atoms with E-state index in [2.05, 4.69) is 10.4 Å². The summed E-state index contributed by atoms with van der Waals surface area (Å²) in [6.45, 7) is 3.96. The van der Waals surface area contributed by atoms with E-state index in [1.54, 1.807) is 44.7 Å². The molecular formula is C22H24ClN3O4. The van der Waals surface area contributed by atoms with Gasteiger partial charge in [0.05, 0.1) is 25.3 Å². The lowest BCUT2D eigenvalue weighted by molar-refractivity contribution is 0.0932. The van der Waals surface area contributed by atoms with E-state index in [1.807, 2.05) is 32.0 Å². The lowest BCUT2D eigenvalue weighted by Crippen LogP contribution is -2.27. The number of hydrogen-bond acceptors (Lipinski definition) is 5. The number of benzene rings is 2. The number of hydrogen-bond donors (Lipinski definition) is 1. The zero-order valence-electron chi connectivity index (χ0n) is 17.3. The minimum Gasteiger partial charge on any atom is -0.497 e. The van der Waals surface area contributed by atoms with Gasteiger partial charge in [-0.05, 0) is 55.8 Å². The lowest BCUT2D eigenvalue weighted by Gasteiger charge is -2.17. The number of aryl methyl sites for hydroxylation is 1. The molecule has 1 amide bonds. The minimum absolute atomic E-state index is 0.135. The molecule has 1 unspecified atom stereocenters. The van der Waals surface area contributed by atoms with Crippen LogP contribution in [0, 0.1) is 6.92 Å². The first kappa shape index (κ1) is 21.5. The minimum atomic E-state index is -0.310. The first-order valence-corrected chi connectivity index (χ1v) is 9.74. The SMILES string of the molecule is COc1ccc(OC)c(C(C)NC(=O)c2ccn(COc3cc(C)ccc3Cl)n2)c1. The quantitative estimate of drug-likeness (QED) is 0.574. The van der Waals surface area contributed by atoms with E-state index >= 15 is 0 Å². The fraction of sp³-hybridized carbons (Fsp3) is 0.273. The van der Waals surface area contributed by atoms with Gasteiger partial charge in [-0.3, -0.25) is 4.79 Å². The molecule has 1 atom stereocenters. The predicted molar refractivity (Wildman–Crippen MR) is 114 cm³/mol. The number of methoxy groups -OCH3 is 2. The second-order valence-corrected chi connectivity index (χ2v) is 7.16. The van der Waals surface area contributed by atoms with Crippen molar-refractivity contribution in [3.63, 3.8) is 0 Å². The number of amides is 1. The average Bonchev–Trinajstić information content (AvgIpc) is 3.23. The Morgan fingerprint density at radius 1 is 1.13 bits per heavy atom. The number of halogens is 1. The van der Waals surface area contributed by atoms with Crippen LogP contribution in [-0.4, -0.2) is 29.9 Å². The van der Waals surface area contributed by atoms with Gasteiger partial charge in [-0.2, -0.15) is 5.10 Å². The highest BCUT2D eigenvalue weighted by molar-refractivity contribution is 6.32. The van der Waals surface area contributed by atoms with Gasteiger partial charge in [0.15, 0.2) is 6.73 Å². The molecule has 3 rings (SSSR count). The molecule has 2 aromatic carbocycles. The van der Waals surface area contributed by atoms with Crippen LogP contribution in [0.2, 0.25) is 5.02 Å². The van der Waals surface area contributed by atoms with Crippen LogP contribution in [0.25, 0.3) is 0 Å².